The molecule has 1 unspecified atom stereocenters. The van der Waals surface area contributed by atoms with Gasteiger partial charge in [0.05, 0.1) is 11.6 Å². The number of amides is 1. The van der Waals surface area contributed by atoms with Gasteiger partial charge in [0.2, 0.25) is 0 Å². The van der Waals surface area contributed by atoms with Crippen LogP contribution in [0.2, 0.25) is 0 Å². The topological polar surface area (TPSA) is 23.6 Å². The van der Waals surface area contributed by atoms with E-state index < -0.39 is 11.7 Å². The summed E-state index contributed by atoms with van der Waals surface area (Å²) in [6, 6.07) is 18.7. The maximum absolute atomic E-state index is 14.0. The van der Waals surface area contributed by atoms with Crippen molar-refractivity contribution in [1.82, 2.24) is 4.90 Å². The van der Waals surface area contributed by atoms with E-state index in [0.717, 1.165) is 48.7 Å². The van der Waals surface area contributed by atoms with Crippen LogP contribution in [-0.4, -0.2) is 36.0 Å². The Hall–Kier alpha value is -2.86. The number of benzene rings is 3. The third-order valence-corrected chi connectivity index (χ3v) is 7.09. The van der Waals surface area contributed by atoms with Gasteiger partial charge >= 0.3 is 6.18 Å². The van der Waals surface area contributed by atoms with Gasteiger partial charge in [0, 0.05) is 30.4 Å². The Balaban J connectivity index is 1.55. The van der Waals surface area contributed by atoms with Crippen molar-refractivity contribution in [1.29, 1.82) is 0 Å². The first-order chi connectivity index (χ1) is 15.9. The zero-order valence-corrected chi connectivity index (χ0v) is 18.4. The SMILES string of the molecule is O=C(c1cccc2ccccc12)N(c1cccc(C(F)(F)F)c1)C1CCN(C2CCCC2)C1. The molecule has 0 radical (unpaired) electrons. The summed E-state index contributed by atoms with van der Waals surface area (Å²) >= 11 is 0. The van der Waals surface area contributed by atoms with Crippen molar-refractivity contribution in [2.75, 3.05) is 18.0 Å². The summed E-state index contributed by atoms with van der Waals surface area (Å²) in [5.74, 6) is -0.246. The van der Waals surface area contributed by atoms with Crippen molar-refractivity contribution in [2.24, 2.45) is 0 Å². The summed E-state index contributed by atoms with van der Waals surface area (Å²) in [6.07, 6.45) is 1.05. The maximum atomic E-state index is 14.0. The number of carbonyl (C=O) groups is 1. The van der Waals surface area contributed by atoms with Crippen LogP contribution in [0.4, 0.5) is 18.9 Å². The predicted octanol–water partition coefficient (Wildman–Crippen LogP) is 6.52. The number of halogens is 3. The fourth-order valence-corrected chi connectivity index (χ4v) is 5.45. The van der Waals surface area contributed by atoms with Crippen LogP contribution in [-0.2, 0) is 6.18 Å². The van der Waals surface area contributed by atoms with E-state index in [9.17, 15) is 18.0 Å². The molecular formula is C27H27F3N2O. The van der Waals surface area contributed by atoms with Crippen LogP contribution in [0.5, 0.6) is 0 Å². The Bertz CT molecular complexity index is 1150. The number of anilines is 1. The van der Waals surface area contributed by atoms with E-state index >= 15 is 0 Å². The second-order valence-corrected chi connectivity index (χ2v) is 9.13. The van der Waals surface area contributed by atoms with Gasteiger partial charge in [-0.25, -0.2) is 0 Å². The molecule has 1 saturated heterocycles. The molecule has 0 aromatic heterocycles. The van der Waals surface area contributed by atoms with Gasteiger partial charge in [-0.05, 0) is 54.3 Å². The van der Waals surface area contributed by atoms with Gasteiger partial charge in [0.15, 0.2) is 0 Å². The highest BCUT2D eigenvalue weighted by atomic mass is 19.4. The van der Waals surface area contributed by atoms with Gasteiger partial charge in [-0.3, -0.25) is 9.69 Å². The summed E-state index contributed by atoms with van der Waals surface area (Å²) < 4.78 is 40.5. The highest BCUT2D eigenvalue weighted by molar-refractivity contribution is 6.14. The molecule has 3 aromatic carbocycles. The Morgan fingerprint density at radius 3 is 2.42 bits per heavy atom. The lowest BCUT2D eigenvalue weighted by Gasteiger charge is -2.31. The number of carbonyl (C=O) groups excluding carboxylic acids is 1. The highest BCUT2D eigenvalue weighted by Gasteiger charge is 2.37. The van der Waals surface area contributed by atoms with Gasteiger partial charge in [-0.15, -0.1) is 0 Å². The van der Waals surface area contributed by atoms with E-state index in [1.165, 1.54) is 18.9 Å². The first-order valence-electron chi connectivity index (χ1n) is 11.6. The Morgan fingerprint density at radius 1 is 0.909 bits per heavy atom. The lowest BCUT2D eigenvalue weighted by Crippen LogP contribution is -2.43. The van der Waals surface area contributed by atoms with Gasteiger partial charge in [-0.1, -0.05) is 55.3 Å². The molecule has 2 aliphatic rings. The minimum absolute atomic E-state index is 0.166. The molecule has 0 N–H and O–H groups in total. The second-order valence-electron chi connectivity index (χ2n) is 9.13. The van der Waals surface area contributed by atoms with Crippen LogP contribution in [0.25, 0.3) is 10.8 Å². The van der Waals surface area contributed by atoms with Crippen LogP contribution < -0.4 is 4.90 Å². The molecule has 1 aliphatic heterocycles. The fourth-order valence-electron chi connectivity index (χ4n) is 5.45. The summed E-state index contributed by atoms with van der Waals surface area (Å²) in [6.45, 7) is 1.56. The number of fused-ring (bicyclic) bond motifs is 1. The summed E-state index contributed by atoms with van der Waals surface area (Å²) in [5.41, 5.74) is 0.0900. The highest BCUT2D eigenvalue weighted by Crippen LogP contribution is 2.35. The van der Waals surface area contributed by atoms with E-state index in [-0.39, 0.29) is 11.9 Å². The van der Waals surface area contributed by atoms with E-state index in [1.807, 2.05) is 36.4 Å². The molecule has 1 amide bonds. The molecule has 1 saturated carbocycles. The lowest BCUT2D eigenvalue weighted by atomic mass is 10.0. The van der Waals surface area contributed by atoms with E-state index in [4.69, 9.17) is 0 Å². The van der Waals surface area contributed by atoms with Crippen LogP contribution in [0.15, 0.2) is 66.7 Å². The van der Waals surface area contributed by atoms with Gasteiger partial charge in [-0.2, -0.15) is 13.2 Å². The van der Waals surface area contributed by atoms with E-state index in [1.54, 1.807) is 17.0 Å². The first-order valence-corrected chi connectivity index (χ1v) is 11.6. The van der Waals surface area contributed by atoms with Gasteiger partial charge in [0.25, 0.3) is 5.91 Å². The predicted molar refractivity (Wildman–Crippen MR) is 124 cm³/mol. The number of rotatable bonds is 4. The maximum Gasteiger partial charge on any atom is 0.416 e. The van der Waals surface area contributed by atoms with E-state index in [0.29, 0.717) is 23.8 Å². The molecule has 3 nitrogen and oxygen atoms in total. The first kappa shape index (κ1) is 22.0. The molecule has 0 spiro atoms. The molecule has 2 fully saturated rings. The van der Waals surface area contributed by atoms with Crippen molar-refractivity contribution in [3.05, 3.63) is 77.9 Å². The monoisotopic (exact) mass is 452 g/mol. The largest absolute Gasteiger partial charge is 0.416 e. The van der Waals surface area contributed by atoms with Crippen molar-refractivity contribution >= 4 is 22.4 Å². The van der Waals surface area contributed by atoms with Gasteiger partial charge < -0.3 is 4.90 Å². The molecule has 33 heavy (non-hydrogen) atoms. The molecule has 3 aromatic rings. The summed E-state index contributed by atoms with van der Waals surface area (Å²) in [5, 5.41) is 1.75. The minimum atomic E-state index is -4.46. The Morgan fingerprint density at radius 2 is 1.64 bits per heavy atom. The zero-order valence-electron chi connectivity index (χ0n) is 18.4. The van der Waals surface area contributed by atoms with Crippen LogP contribution in [0.1, 0.15) is 48.0 Å². The van der Waals surface area contributed by atoms with Crippen molar-refractivity contribution in [2.45, 2.75) is 50.4 Å². The Labute approximate surface area is 191 Å². The zero-order chi connectivity index (χ0) is 23.0. The average Bonchev–Trinajstić information content (AvgIpc) is 3.51. The smallest absolute Gasteiger partial charge is 0.304 e. The second kappa shape index (κ2) is 8.82. The van der Waals surface area contributed by atoms with Crippen molar-refractivity contribution in [3.8, 4) is 0 Å². The number of hydrogen-bond donors (Lipinski definition) is 0. The molecular weight excluding hydrogens is 425 g/mol. The fraction of sp³-hybridized carbons (Fsp3) is 0.370. The quantitative estimate of drug-likeness (QED) is 0.450. The molecule has 0 bridgehead atoms. The number of likely N-dealkylation sites (tertiary alicyclic amines) is 1. The average molecular weight is 453 g/mol. The minimum Gasteiger partial charge on any atom is -0.304 e. The van der Waals surface area contributed by atoms with Crippen molar-refractivity contribution in [3.63, 3.8) is 0 Å². The molecule has 5 rings (SSSR count). The number of alkyl halides is 3. The number of nitrogens with zero attached hydrogens (tertiary/aromatic N) is 2. The van der Waals surface area contributed by atoms with Gasteiger partial charge in [0.1, 0.15) is 0 Å². The third kappa shape index (κ3) is 4.36. The molecule has 1 heterocycles. The lowest BCUT2D eigenvalue weighted by molar-refractivity contribution is -0.137. The van der Waals surface area contributed by atoms with Crippen LogP contribution in [0.3, 0.4) is 0 Å². The summed E-state index contributed by atoms with van der Waals surface area (Å²) in [7, 11) is 0. The molecule has 6 heteroatoms. The molecule has 1 aliphatic carbocycles. The van der Waals surface area contributed by atoms with Crippen LogP contribution in [0, 0.1) is 0 Å². The van der Waals surface area contributed by atoms with Crippen LogP contribution >= 0.6 is 0 Å². The van der Waals surface area contributed by atoms with E-state index in [2.05, 4.69) is 4.90 Å². The normalized spacial score (nSPS) is 19.9. The molecule has 1 atom stereocenters. The standard InChI is InChI=1S/C27H27F3N2O/c28-27(29,30)20-9-6-12-22(17-20)32(23-15-16-31(18-23)21-10-2-3-11-21)26(33)25-14-5-8-19-7-1-4-13-24(19)25/h1,4-9,12-14,17,21,23H,2-3,10-11,15-16,18H2. The Kier molecular flexibility index (Phi) is 5.87. The summed E-state index contributed by atoms with van der Waals surface area (Å²) in [4.78, 5) is 18.0. The molecule has 172 valence electrons. The third-order valence-electron chi connectivity index (χ3n) is 7.09. The number of hydrogen-bond acceptors (Lipinski definition) is 2. The van der Waals surface area contributed by atoms with Crippen molar-refractivity contribution < 1.29 is 18.0 Å².